The van der Waals surface area contributed by atoms with E-state index in [1.165, 1.54) is 23.5 Å². The zero-order chi connectivity index (χ0) is 17.6. The summed E-state index contributed by atoms with van der Waals surface area (Å²) in [5.41, 5.74) is 0.813. The van der Waals surface area contributed by atoms with E-state index in [1.54, 1.807) is 12.1 Å². The number of rotatable bonds is 4. The SMILES string of the molecule is Cc1nc(C)c(C(=O)N2[C@H]3CC[C@H](C3)[C@@H]2COc2ccc(F)cc2)s1. The Hall–Kier alpha value is -1.95. The van der Waals surface area contributed by atoms with Gasteiger partial charge in [-0.05, 0) is 63.3 Å². The molecule has 2 bridgehead atoms. The molecule has 3 atom stereocenters. The third-order valence-electron chi connectivity index (χ3n) is 5.31. The lowest BCUT2D eigenvalue weighted by Crippen LogP contribution is -2.47. The molecule has 2 aromatic rings. The van der Waals surface area contributed by atoms with Crippen molar-refractivity contribution in [1.29, 1.82) is 0 Å². The smallest absolute Gasteiger partial charge is 0.266 e. The normalized spacial score (nSPS) is 24.8. The first kappa shape index (κ1) is 16.5. The van der Waals surface area contributed by atoms with Gasteiger partial charge in [-0.25, -0.2) is 9.37 Å². The van der Waals surface area contributed by atoms with Crippen LogP contribution in [0, 0.1) is 25.6 Å². The third kappa shape index (κ3) is 3.03. The Morgan fingerprint density at radius 2 is 2.08 bits per heavy atom. The average molecular weight is 360 g/mol. The summed E-state index contributed by atoms with van der Waals surface area (Å²) in [4.78, 5) is 20.3. The number of piperidine rings is 1. The van der Waals surface area contributed by atoms with Crippen molar-refractivity contribution in [2.45, 2.75) is 45.2 Å². The molecule has 0 radical (unpaired) electrons. The second kappa shape index (κ2) is 6.41. The molecule has 6 heteroatoms. The predicted octanol–water partition coefficient (Wildman–Crippen LogP) is 3.97. The number of aromatic nitrogens is 1. The minimum absolute atomic E-state index is 0.0816. The van der Waals surface area contributed by atoms with E-state index in [2.05, 4.69) is 4.98 Å². The lowest BCUT2D eigenvalue weighted by Gasteiger charge is -2.35. The van der Waals surface area contributed by atoms with E-state index in [1.807, 2.05) is 18.7 Å². The maximum Gasteiger partial charge on any atom is 0.266 e. The highest BCUT2D eigenvalue weighted by Gasteiger charge is 2.49. The molecular weight excluding hydrogens is 339 g/mol. The van der Waals surface area contributed by atoms with Crippen molar-refractivity contribution in [2.75, 3.05) is 6.61 Å². The predicted molar refractivity (Wildman–Crippen MR) is 94.6 cm³/mol. The van der Waals surface area contributed by atoms with Gasteiger partial charge in [-0.1, -0.05) is 0 Å². The molecule has 1 saturated heterocycles. The fourth-order valence-electron chi connectivity index (χ4n) is 4.18. The molecule has 2 fully saturated rings. The number of halogens is 1. The highest BCUT2D eigenvalue weighted by molar-refractivity contribution is 7.13. The highest BCUT2D eigenvalue weighted by Crippen LogP contribution is 2.43. The van der Waals surface area contributed by atoms with Crippen LogP contribution < -0.4 is 4.74 Å². The molecule has 1 aliphatic carbocycles. The number of nitrogens with zero attached hydrogens (tertiary/aromatic N) is 2. The minimum Gasteiger partial charge on any atom is -0.491 e. The van der Waals surface area contributed by atoms with Gasteiger partial charge in [0.25, 0.3) is 5.91 Å². The second-order valence-corrected chi connectivity index (χ2v) is 8.12. The van der Waals surface area contributed by atoms with Gasteiger partial charge in [0.15, 0.2) is 0 Å². The summed E-state index contributed by atoms with van der Waals surface area (Å²) in [5, 5.41) is 0.921. The van der Waals surface area contributed by atoms with Crippen LogP contribution in [0.3, 0.4) is 0 Å². The Kier molecular flexibility index (Phi) is 4.23. The van der Waals surface area contributed by atoms with Gasteiger partial charge in [0.05, 0.1) is 16.7 Å². The van der Waals surface area contributed by atoms with Gasteiger partial charge in [0, 0.05) is 6.04 Å². The molecule has 2 heterocycles. The van der Waals surface area contributed by atoms with Crippen LogP contribution >= 0.6 is 11.3 Å². The first-order valence-corrected chi connectivity index (χ1v) is 9.49. The molecule has 4 nitrogen and oxygen atoms in total. The van der Waals surface area contributed by atoms with Crippen molar-refractivity contribution in [3.63, 3.8) is 0 Å². The zero-order valence-corrected chi connectivity index (χ0v) is 15.2. The number of hydrogen-bond donors (Lipinski definition) is 0. The van der Waals surface area contributed by atoms with Gasteiger partial charge >= 0.3 is 0 Å². The molecule has 4 rings (SSSR count). The summed E-state index contributed by atoms with van der Waals surface area (Å²) in [7, 11) is 0. The first-order valence-electron chi connectivity index (χ1n) is 8.68. The minimum atomic E-state index is -0.278. The molecule has 2 aliphatic rings. The van der Waals surface area contributed by atoms with Crippen molar-refractivity contribution >= 4 is 17.2 Å². The number of ether oxygens (including phenoxy) is 1. The molecule has 0 spiro atoms. The summed E-state index contributed by atoms with van der Waals surface area (Å²) >= 11 is 1.47. The topological polar surface area (TPSA) is 42.4 Å². The van der Waals surface area contributed by atoms with E-state index in [0.717, 1.165) is 34.8 Å². The Balaban J connectivity index is 1.52. The van der Waals surface area contributed by atoms with Crippen molar-refractivity contribution < 1.29 is 13.9 Å². The third-order valence-corrected chi connectivity index (χ3v) is 6.37. The van der Waals surface area contributed by atoms with Crippen LogP contribution in [0.2, 0.25) is 0 Å². The maximum absolute atomic E-state index is 13.1. The number of thiazole rings is 1. The van der Waals surface area contributed by atoms with E-state index in [4.69, 9.17) is 4.74 Å². The van der Waals surface area contributed by atoms with Crippen molar-refractivity contribution in [3.8, 4) is 5.75 Å². The monoisotopic (exact) mass is 360 g/mol. The molecular formula is C19H21FN2O2S. The molecule has 0 N–H and O–H groups in total. The lowest BCUT2D eigenvalue weighted by atomic mass is 9.99. The number of amides is 1. The van der Waals surface area contributed by atoms with Crippen LogP contribution in [0.1, 0.15) is 39.6 Å². The molecule has 0 unspecified atom stereocenters. The van der Waals surface area contributed by atoms with Crippen LogP contribution in [0.15, 0.2) is 24.3 Å². The van der Waals surface area contributed by atoms with Crippen molar-refractivity contribution in [1.82, 2.24) is 9.88 Å². The summed E-state index contributed by atoms with van der Waals surface area (Å²) in [6.07, 6.45) is 3.27. The van der Waals surface area contributed by atoms with Gasteiger partial charge in [0.1, 0.15) is 23.1 Å². The van der Waals surface area contributed by atoms with E-state index < -0.39 is 0 Å². The summed E-state index contributed by atoms with van der Waals surface area (Å²) in [6, 6.07) is 6.43. The number of aryl methyl sites for hydroxylation is 2. The first-order chi connectivity index (χ1) is 12.0. The number of hydrogen-bond acceptors (Lipinski definition) is 4. The molecule has 132 valence electrons. The summed E-state index contributed by atoms with van der Waals surface area (Å²) in [6.45, 7) is 4.28. The number of likely N-dealkylation sites (tertiary alicyclic amines) is 1. The summed E-state index contributed by atoms with van der Waals surface area (Å²) in [5.74, 6) is 0.938. The molecule has 1 amide bonds. The van der Waals surface area contributed by atoms with Gasteiger partial charge in [-0.3, -0.25) is 4.79 Å². The highest BCUT2D eigenvalue weighted by atomic mass is 32.1. The molecule has 1 aromatic heterocycles. The van der Waals surface area contributed by atoms with E-state index in [-0.39, 0.29) is 17.8 Å². The van der Waals surface area contributed by atoms with Crippen molar-refractivity contribution in [3.05, 3.63) is 45.7 Å². The fourth-order valence-corrected chi connectivity index (χ4v) is 5.05. The number of benzene rings is 1. The Morgan fingerprint density at radius 3 is 2.76 bits per heavy atom. The molecule has 1 aromatic carbocycles. The largest absolute Gasteiger partial charge is 0.491 e. The number of carbonyl (C=O) groups is 1. The number of carbonyl (C=O) groups excluding carboxylic acids is 1. The van der Waals surface area contributed by atoms with Crippen LogP contribution in [0.25, 0.3) is 0 Å². The van der Waals surface area contributed by atoms with Crippen LogP contribution in [-0.2, 0) is 0 Å². The standard InChI is InChI=1S/C19H21FN2O2S/c1-11-18(25-12(2)21-11)19(23)22-15-6-3-13(9-15)17(22)10-24-16-7-4-14(20)5-8-16/h4-5,7-8,13,15,17H,3,6,9-10H2,1-2H3/t13-,15+,17+/m1/s1. The second-order valence-electron chi connectivity index (χ2n) is 6.92. The van der Waals surface area contributed by atoms with E-state index in [0.29, 0.717) is 24.3 Å². The van der Waals surface area contributed by atoms with Crippen LogP contribution in [-0.4, -0.2) is 34.5 Å². The maximum atomic E-state index is 13.1. The van der Waals surface area contributed by atoms with Gasteiger partial charge in [-0.15, -0.1) is 11.3 Å². The molecule has 25 heavy (non-hydrogen) atoms. The Labute approximate surface area is 150 Å². The zero-order valence-electron chi connectivity index (χ0n) is 14.4. The van der Waals surface area contributed by atoms with Crippen LogP contribution in [0.5, 0.6) is 5.75 Å². The quantitative estimate of drug-likeness (QED) is 0.828. The summed E-state index contributed by atoms with van der Waals surface area (Å²) < 4.78 is 18.9. The Bertz CT molecular complexity index is 789. The van der Waals surface area contributed by atoms with Gasteiger partial charge < -0.3 is 9.64 Å². The fraction of sp³-hybridized carbons (Fsp3) is 0.474. The van der Waals surface area contributed by atoms with Gasteiger partial charge in [-0.2, -0.15) is 0 Å². The molecule has 1 aliphatic heterocycles. The average Bonchev–Trinajstić information content (AvgIpc) is 3.28. The number of fused-ring (bicyclic) bond motifs is 2. The lowest BCUT2D eigenvalue weighted by molar-refractivity contribution is 0.0509. The van der Waals surface area contributed by atoms with Crippen molar-refractivity contribution in [2.24, 2.45) is 5.92 Å². The Morgan fingerprint density at radius 1 is 1.32 bits per heavy atom. The van der Waals surface area contributed by atoms with E-state index in [9.17, 15) is 9.18 Å². The van der Waals surface area contributed by atoms with Crippen LogP contribution in [0.4, 0.5) is 4.39 Å². The van der Waals surface area contributed by atoms with E-state index >= 15 is 0 Å². The molecule has 1 saturated carbocycles. The van der Waals surface area contributed by atoms with Gasteiger partial charge in [0.2, 0.25) is 0 Å².